The molecule has 0 spiro atoms. The van der Waals surface area contributed by atoms with Crippen molar-refractivity contribution in [2.45, 2.75) is 38.6 Å². The number of ether oxygens (including phenoxy) is 3. The molecule has 2 N–H and O–H groups in total. The van der Waals surface area contributed by atoms with E-state index in [9.17, 15) is 14.0 Å². The summed E-state index contributed by atoms with van der Waals surface area (Å²) in [6.45, 7) is 4.39. The van der Waals surface area contributed by atoms with Gasteiger partial charge < -0.3 is 24.8 Å². The Morgan fingerprint density at radius 3 is 2.39 bits per heavy atom. The van der Waals surface area contributed by atoms with Gasteiger partial charge in [-0.05, 0) is 31.5 Å². The standard InChI is InChI=1S/C25H31FN2O5/c1-4-31-21(32-5-2)11-12-28-24(29)17-13-18-22(16-9-7-6-8-10-16)20(15-26)33-23(18)19(14-17)25(30)27-3/h6-10,13-14,20-22H,4-5,11-12,15H2,1-3H3,(H,27,30)(H,28,29). The molecule has 0 aliphatic carbocycles. The number of fused-ring (bicyclic) bond motifs is 1. The highest BCUT2D eigenvalue weighted by atomic mass is 19.1. The second-order valence-electron chi connectivity index (χ2n) is 7.61. The van der Waals surface area contributed by atoms with Gasteiger partial charge in [0.05, 0.1) is 11.5 Å². The summed E-state index contributed by atoms with van der Waals surface area (Å²) in [6, 6.07) is 12.6. The molecule has 2 unspecified atom stereocenters. The average molecular weight is 459 g/mol. The molecular formula is C25H31FN2O5. The van der Waals surface area contributed by atoms with Gasteiger partial charge in [0.1, 0.15) is 18.5 Å². The Morgan fingerprint density at radius 2 is 1.79 bits per heavy atom. The van der Waals surface area contributed by atoms with Crippen LogP contribution in [0, 0.1) is 0 Å². The highest BCUT2D eigenvalue weighted by molar-refractivity contribution is 6.02. The normalized spacial score (nSPS) is 16.9. The van der Waals surface area contributed by atoms with E-state index in [0.717, 1.165) is 5.56 Å². The molecule has 178 valence electrons. The van der Waals surface area contributed by atoms with Crippen molar-refractivity contribution in [3.8, 4) is 5.75 Å². The Bertz CT molecular complexity index is 947. The van der Waals surface area contributed by atoms with E-state index >= 15 is 0 Å². The van der Waals surface area contributed by atoms with Crippen LogP contribution in [-0.2, 0) is 9.47 Å². The van der Waals surface area contributed by atoms with Crippen LogP contribution >= 0.6 is 0 Å². The van der Waals surface area contributed by atoms with E-state index in [2.05, 4.69) is 10.6 Å². The smallest absolute Gasteiger partial charge is 0.254 e. The van der Waals surface area contributed by atoms with Crippen molar-refractivity contribution in [3.63, 3.8) is 0 Å². The molecule has 0 aromatic heterocycles. The molecule has 2 aromatic rings. The van der Waals surface area contributed by atoms with E-state index in [-0.39, 0.29) is 11.5 Å². The molecule has 0 bridgehead atoms. The molecule has 0 fully saturated rings. The van der Waals surface area contributed by atoms with Gasteiger partial charge in [-0.25, -0.2) is 4.39 Å². The average Bonchev–Trinajstić information content (AvgIpc) is 3.22. The van der Waals surface area contributed by atoms with Gasteiger partial charge in [0.2, 0.25) is 0 Å². The molecule has 2 atom stereocenters. The number of halogens is 1. The summed E-state index contributed by atoms with van der Waals surface area (Å²) in [5.74, 6) is -0.858. The fourth-order valence-electron chi connectivity index (χ4n) is 4.04. The zero-order valence-corrected chi connectivity index (χ0v) is 19.2. The van der Waals surface area contributed by atoms with Crippen LogP contribution in [0.3, 0.4) is 0 Å². The summed E-state index contributed by atoms with van der Waals surface area (Å²) >= 11 is 0. The van der Waals surface area contributed by atoms with Crippen molar-refractivity contribution in [2.75, 3.05) is 33.5 Å². The first-order valence-corrected chi connectivity index (χ1v) is 11.2. The van der Waals surface area contributed by atoms with Gasteiger partial charge in [-0.3, -0.25) is 9.59 Å². The third kappa shape index (κ3) is 5.69. The van der Waals surface area contributed by atoms with Crippen molar-refractivity contribution in [2.24, 2.45) is 0 Å². The number of carbonyl (C=O) groups is 2. The van der Waals surface area contributed by atoms with E-state index in [1.165, 1.54) is 13.1 Å². The van der Waals surface area contributed by atoms with Gasteiger partial charge in [0.15, 0.2) is 6.29 Å². The Morgan fingerprint density at radius 1 is 1.09 bits per heavy atom. The third-order valence-corrected chi connectivity index (χ3v) is 5.51. The maximum absolute atomic E-state index is 13.9. The predicted octanol–water partition coefficient (Wildman–Crippen LogP) is 3.43. The Labute approximate surface area is 193 Å². The maximum Gasteiger partial charge on any atom is 0.254 e. The first kappa shape index (κ1) is 24.7. The monoisotopic (exact) mass is 458 g/mol. The Hall–Kier alpha value is -2.97. The van der Waals surface area contributed by atoms with Crippen LogP contribution in [0.5, 0.6) is 5.75 Å². The highest BCUT2D eigenvalue weighted by Crippen LogP contribution is 2.45. The quantitative estimate of drug-likeness (QED) is 0.504. The van der Waals surface area contributed by atoms with Crippen LogP contribution in [0.4, 0.5) is 4.39 Å². The lowest BCUT2D eigenvalue weighted by Crippen LogP contribution is -2.29. The fourth-order valence-corrected chi connectivity index (χ4v) is 4.04. The number of nitrogens with one attached hydrogen (secondary N) is 2. The first-order chi connectivity index (χ1) is 16.0. The van der Waals surface area contributed by atoms with Gasteiger partial charge in [0.25, 0.3) is 11.8 Å². The summed E-state index contributed by atoms with van der Waals surface area (Å²) in [7, 11) is 1.50. The molecule has 0 saturated carbocycles. The summed E-state index contributed by atoms with van der Waals surface area (Å²) in [5, 5.41) is 5.43. The van der Waals surface area contributed by atoms with E-state index in [1.807, 2.05) is 44.2 Å². The molecule has 33 heavy (non-hydrogen) atoms. The molecule has 2 aromatic carbocycles. The summed E-state index contributed by atoms with van der Waals surface area (Å²) in [4.78, 5) is 25.5. The number of amides is 2. The minimum absolute atomic E-state index is 0.207. The first-order valence-electron chi connectivity index (χ1n) is 11.2. The van der Waals surface area contributed by atoms with Crippen LogP contribution in [0.1, 0.15) is 58.0 Å². The van der Waals surface area contributed by atoms with Crippen LogP contribution in [0.15, 0.2) is 42.5 Å². The van der Waals surface area contributed by atoms with Crippen LogP contribution < -0.4 is 15.4 Å². The maximum atomic E-state index is 13.9. The third-order valence-electron chi connectivity index (χ3n) is 5.51. The van der Waals surface area contributed by atoms with Crippen LogP contribution in [0.2, 0.25) is 0 Å². The van der Waals surface area contributed by atoms with E-state index < -0.39 is 30.9 Å². The molecule has 1 heterocycles. The van der Waals surface area contributed by atoms with Crippen LogP contribution in [0.25, 0.3) is 0 Å². The van der Waals surface area contributed by atoms with Crippen molar-refractivity contribution >= 4 is 11.8 Å². The van der Waals surface area contributed by atoms with Crippen molar-refractivity contribution in [1.29, 1.82) is 0 Å². The van der Waals surface area contributed by atoms with Gasteiger partial charge in [-0.15, -0.1) is 0 Å². The largest absolute Gasteiger partial charge is 0.486 e. The number of hydrogen-bond donors (Lipinski definition) is 2. The summed E-state index contributed by atoms with van der Waals surface area (Å²) < 4.78 is 30.8. The van der Waals surface area contributed by atoms with Gasteiger partial charge in [-0.2, -0.15) is 0 Å². The molecule has 3 rings (SSSR count). The molecule has 1 aliphatic heterocycles. The molecule has 0 radical (unpaired) electrons. The predicted molar refractivity (Wildman–Crippen MR) is 122 cm³/mol. The zero-order chi connectivity index (χ0) is 23.8. The highest BCUT2D eigenvalue weighted by Gasteiger charge is 2.39. The van der Waals surface area contributed by atoms with Gasteiger partial charge >= 0.3 is 0 Å². The fraction of sp³-hybridized carbons (Fsp3) is 0.440. The van der Waals surface area contributed by atoms with Gasteiger partial charge in [0, 0.05) is 44.4 Å². The number of carbonyl (C=O) groups excluding carboxylic acids is 2. The lowest BCUT2D eigenvalue weighted by atomic mass is 9.86. The number of benzene rings is 2. The minimum Gasteiger partial charge on any atom is -0.486 e. The van der Waals surface area contributed by atoms with E-state index in [4.69, 9.17) is 14.2 Å². The van der Waals surface area contributed by atoms with Crippen LogP contribution in [-0.4, -0.2) is 57.7 Å². The van der Waals surface area contributed by atoms with E-state index in [0.29, 0.717) is 43.1 Å². The lowest BCUT2D eigenvalue weighted by molar-refractivity contribution is -0.138. The zero-order valence-electron chi connectivity index (χ0n) is 19.2. The lowest BCUT2D eigenvalue weighted by Gasteiger charge is -2.17. The minimum atomic E-state index is -0.776. The van der Waals surface area contributed by atoms with Crippen molar-refractivity contribution in [3.05, 3.63) is 64.7 Å². The van der Waals surface area contributed by atoms with Crippen molar-refractivity contribution < 1.29 is 28.2 Å². The molecule has 1 aliphatic rings. The topological polar surface area (TPSA) is 85.9 Å². The number of alkyl halides is 1. The second-order valence-corrected chi connectivity index (χ2v) is 7.61. The number of hydrogen-bond acceptors (Lipinski definition) is 5. The molecule has 7 nitrogen and oxygen atoms in total. The Balaban J connectivity index is 1.90. The molecule has 0 saturated heterocycles. The second kappa shape index (κ2) is 11.8. The molecule has 2 amide bonds. The van der Waals surface area contributed by atoms with Gasteiger partial charge in [-0.1, -0.05) is 30.3 Å². The number of rotatable bonds is 11. The molecular weight excluding hydrogens is 427 g/mol. The van der Waals surface area contributed by atoms with E-state index in [1.54, 1.807) is 6.07 Å². The summed E-state index contributed by atoms with van der Waals surface area (Å²) in [6.07, 6.45) is -0.689. The Kier molecular flexibility index (Phi) is 8.79. The molecule has 8 heteroatoms. The summed E-state index contributed by atoms with van der Waals surface area (Å²) in [5.41, 5.74) is 1.99. The SMILES string of the molecule is CCOC(CCNC(=O)c1cc(C(=O)NC)c2c(c1)C(c1ccccc1)C(CF)O2)OCC. The van der Waals surface area contributed by atoms with Crippen molar-refractivity contribution in [1.82, 2.24) is 10.6 Å².